The Balaban J connectivity index is 1.98. The van der Waals surface area contributed by atoms with Crippen molar-refractivity contribution < 1.29 is 14.6 Å². The van der Waals surface area contributed by atoms with Crippen molar-refractivity contribution in [2.75, 3.05) is 13.7 Å². The van der Waals surface area contributed by atoms with E-state index >= 15 is 0 Å². The predicted molar refractivity (Wildman–Crippen MR) is 73.3 cm³/mol. The molecule has 1 saturated carbocycles. The first-order chi connectivity index (χ1) is 9.24. The number of nitrogens with one attached hydrogen (secondary N) is 1. The number of amides is 1. The second kappa shape index (κ2) is 6.57. The third kappa shape index (κ3) is 3.47. The zero-order valence-corrected chi connectivity index (χ0v) is 11.3. The lowest BCUT2D eigenvalue weighted by molar-refractivity contribution is 0.0872. The molecular weight excluding hydrogens is 242 g/mol. The molecule has 4 heteroatoms. The summed E-state index contributed by atoms with van der Waals surface area (Å²) in [5.41, 5.74) is 0.628. The first-order valence-electron chi connectivity index (χ1n) is 6.80. The van der Waals surface area contributed by atoms with E-state index in [2.05, 4.69) is 5.32 Å². The van der Waals surface area contributed by atoms with E-state index in [-0.39, 0.29) is 24.5 Å². The Morgan fingerprint density at radius 1 is 1.32 bits per heavy atom. The van der Waals surface area contributed by atoms with Crippen molar-refractivity contribution in [1.82, 2.24) is 5.32 Å². The van der Waals surface area contributed by atoms with Crippen LogP contribution in [0.5, 0.6) is 5.75 Å². The number of carbonyl (C=O) groups excluding carboxylic acids is 1. The summed E-state index contributed by atoms with van der Waals surface area (Å²) in [6.45, 7) is 0.146. The fraction of sp³-hybridized carbons (Fsp3) is 0.533. The minimum absolute atomic E-state index is 0.0759. The van der Waals surface area contributed by atoms with Crippen LogP contribution in [-0.4, -0.2) is 30.8 Å². The molecule has 0 saturated heterocycles. The van der Waals surface area contributed by atoms with Crippen LogP contribution in [0.15, 0.2) is 24.3 Å². The highest BCUT2D eigenvalue weighted by molar-refractivity contribution is 5.94. The van der Waals surface area contributed by atoms with E-state index in [9.17, 15) is 9.90 Å². The first kappa shape index (κ1) is 13.9. The Hall–Kier alpha value is -1.55. The maximum atomic E-state index is 12.1. The Morgan fingerprint density at radius 2 is 2.00 bits per heavy atom. The van der Waals surface area contributed by atoms with Gasteiger partial charge in [0.15, 0.2) is 0 Å². The third-order valence-corrected chi connectivity index (χ3v) is 3.81. The Bertz CT molecular complexity index is 416. The van der Waals surface area contributed by atoms with Crippen LogP contribution in [0, 0.1) is 5.92 Å². The summed E-state index contributed by atoms with van der Waals surface area (Å²) in [5, 5.41) is 12.4. The fourth-order valence-corrected chi connectivity index (χ4v) is 2.61. The molecule has 19 heavy (non-hydrogen) atoms. The van der Waals surface area contributed by atoms with Gasteiger partial charge < -0.3 is 15.2 Å². The zero-order valence-electron chi connectivity index (χ0n) is 11.3. The maximum absolute atomic E-state index is 12.1. The van der Waals surface area contributed by atoms with Crippen LogP contribution in [0.3, 0.4) is 0 Å². The number of aliphatic hydroxyl groups is 1. The monoisotopic (exact) mass is 263 g/mol. The zero-order chi connectivity index (χ0) is 13.7. The van der Waals surface area contributed by atoms with Gasteiger partial charge in [-0.1, -0.05) is 12.8 Å². The molecule has 0 radical (unpaired) electrons. The van der Waals surface area contributed by atoms with Crippen LogP contribution in [0.2, 0.25) is 0 Å². The van der Waals surface area contributed by atoms with Gasteiger partial charge >= 0.3 is 0 Å². The summed E-state index contributed by atoms with van der Waals surface area (Å²) in [4.78, 5) is 12.1. The van der Waals surface area contributed by atoms with E-state index < -0.39 is 0 Å². The highest BCUT2D eigenvalue weighted by Crippen LogP contribution is 2.24. The van der Waals surface area contributed by atoms with Gasteiger partial charge in [0.05, 0.1) is 7.11 Å². The SMILES string of the molecule is COc1ccc(C(=O)NC2CCCCC2CO)cc1. The van der Waals surface area contributed by atoms with E-state index in [1.54, 1.807) is 31.4 Å². The molecular formula is C15H21NO3. The van der Waals surface area contributed by atoms with E-state index in [0.29, 0.717) is 5.56 Å². The first-order valence-corrected chi connectivity index (χ1v) is 6.80. The molecule has 1 aliphatic rings. The number of ether oxygens (including phenoxy) is 1. The average Bonchev–Trinajstić information content (AvgIpc) is 2.48. The van der Waals surface area contributed by atoms with Gasteiger partial charge in [0.1, 0.15) is 5.75 Å². The van der Waals surface area contributed by atoms with E-state index in [1.165, 1.54) is 0 Å². The van der Waals surface area contributed by atoms with Crippen molar-refractivity contribution in [3.63, 3.8) is 0 Å². The van der Waals surface area contributed by atoms with Crippen LogP contribution in [-0.2, 0) is 0 Å². The van der Waals surface area contributed by atoms with Crippen molar-refractivity contribution in [3.05, 3.63) is 29.8 Å². The molecule has 1 aliphatic carbocycles. The van der Waals surface area contributed by atoms with Crippen LogP contribution in [0.25, 0.3) is 0 Å². The van der Waals surface area contributed by atoms with Crippen LogP contribution >= 0.6 is 0 Å². The molecule has 0 aliphatic heterocycles. The molecule has 4 nitrogen and oxygen atoms in total. The topological polar surface area (TPSA) is 58.6 Å². The molecule has 0 aromatic heterocycles. The fourth-order valence-electron chi connectivity index (χ4n) is 2.61. The summed E-state index contributed by atoms with van der Waals surface area (Å²) < 4.78 is 5.07. The normalized spacial score (nSPS) is 22.8. The highest BCUT2D eigenvalue weighted by atomic mass is 16.5. The molecule has 2 atom stereocenters. The van der Waals surface area contributed by atoms with Crippen LogP contribution in [0.4, 0.5) is 0 Å². The lowest BCUT2D eigenvalue weighted by Crippen LogP contribution is -2.43. The summed E-state index contributed by atoms with van der Waals surface area (Å²) in [6.07, 6.45) is 4.20. The number of hydrogen-bond donors (Lipinski definition) is 2. The molecule has 0 bridgehead atoms. The number of rotatable bonds is 4. The number of hydrogen-bond acceptors (Lipinski definition) is 3. The number of aliphatic hydroxyl groups excluding tert-OH is 1. The molecule has 2 N–H and O–H groups in total. The van der Waals surface area contributed by atoms with E-state index in [4.69, 9.17) is 4.74 Å². The Morgan fingerprint density at radius 3 is 2.63 bits per heavy atom. The summed E-state index contributed by atoms with van der Waals surface area (Å²) in [5.74, 6) is 0.853. The van der Waals surface area contributed by atoms with Gasteiger partial charge in [-0.2, -0.15) is 0 Å². The van der Waals surface area contributed by atoms with Gasteiger partial charge in [0.25, 0.3) is 5.91 Å². The molecule has 1 aromatic rings. The average molecular weight is 263 g/mol. The molecule has 104 valence electrons. The van der Waals surface area contributed by atoms with Gasteiger partial charge in [-0.3, -0.25) is 4.79 Å². The molecule has 0 heterocycles. The molecule has 2 unspecified atom stereocenters. The molecule has 0 spiro atoms. The second-order valence-corrected chi connectivity index (χ2v) is 5.04. The summed E-state index contributed by atoms with van der Waals surface area (Å²) >= 11 is 0. The van der Waals surface area contributed by atoms with Crippen molar-refractivity contribution in [1.29, 1.82) is 0 Å². The Labute approximate surface area is 113 Å². The van der Waals surface area contributed by atoms with Gasteiger partial charge in [-0.05, 0) is 37.1 Å². The minimum Gasteiger partial charge on any atom is -0.497 e. The van der Waals surface area contributed by atoms with E-state index in [1.807, 2.05) is 0 Å². The van der Waals surface area contributed by atoms with Gasteiger partial charge in [-0.15, -0.1) is 0 Å². The predicted octanol–water partition coefficient (Wildman–Crippen LogP) is 1.98. The summed E-state index contributed by atoms with van der Waals surface area (Å²) in [7, 11) is 1.60. The number of methoxy groups -OCH3 is 1. The second-order valence-electron chi connectivity index (χ2n) is 5.04. The quantitative estimate of drug-likeness (QED) is 0.873. The van der Waals surface area contributed by atoms with E-state index in [0.717, 1.165) is 31.4 Å². The number of carbonyl (C=O) groups is 1. The minimum atomic E-state index is -0.0759. The standard InChI is InChI=1S/C15H21NO3/c1-19-13-8-6-11(7-9-13)15(18)16-14-5-3-2-4-12(14)10-17/h6-9,12,14,17H,2-5,10H2,1H3,(H,16,18). The van der Waals surface area contributed by atoms with Crippen molar-refractivity contribution in [3.8, 4) is 5.75 Å². The third-order valence-electron chi connectivity index (χ3n) is 3.81. The van der Waals surface area contributed by atoms with Crippen LogP contribution < -0.4 is 10.1 Å². The van der Waals surface area contributed by atoms with Gasteiger partial charge in [0.2, 0.25) is 0 Å². The van der Waals surface area contributed by atoms with Gasteiger partial charge in [0, 0.05) is 24.1 Å². The number of benzene rings is 1. The molecule has 1 fully saturated rings. The van der Waals surface area contributed by atoms with Gasteiger partial charge in [-0.25, -0.2) is 0 Å². The van der Waals surface area contributed by atoms with Crippen LogP contribution in [0.1, 0.15) is 36.0 Å². The lowest BCUT2D eigenvalue weighted by Gasteiger charge is -2.30. The molecule has 1 amide bonds. The highest BCUT2D eigenvalue weighted by Gasteiger charge is 2.26. The lowest BCUT2D eigenvalue weighted by atomic mass is 9.85. The maximum Gasteiger partial charge on any atom is 0.251 e. The van der Waals surface area contributed by atoms with Crippen molar-refractivity contribution in [2.45, 2.75) is 31.7 Å². The molecule has 1 aromatic carbocycles. The summed E-state index contributed by atoms with van der Waals surface area (Å²) in [6, 6.07) is 7.16. The van der Waals surface area contributed by atoms with Crippen molar-refractivity contribution >= 4 is 5.91 Å². The largest absolute Gasteiger partial charge is 0.497 e. The smallest absolute Gasteiger partial charge is 0.251 e. The molecule has 2 rings (SSSR count). The Kier molecular flexibility index (Phi) is 4.80. The van der Waals surface area contributed by atoms with Crippen molar-refractivity contribution in [2.24, 2.45) is 5.92 Å².